The average molecular weight is 875 g/mol. The molecule has 0 atom stereocenters. The summed E-state index contributed by atoms with van der Waals surface area (Å²) in [6.07, 6.45) is 0. The highest BCUT2D eigenvalue weighted by molar-refractivity contribution is 7.22. The van der Waals surface area contributed by atoms with E-state index in [1.54, 1.807) is 0 Å². The summed E-state index contributed by atoms with van der Waals surface area (Å²) < 4.78 is 15.3. The molecule has 0 saturated heterocycles. The molecule has 7 heteroatoms. The van der Waals surface area contributed by atoms with Gasteiger partial charge in [-0.1, -0.05) is 124 Å². The second kappa shape index (κ2) is 14.5. The molecule has 0 unspecified atom stereocenters. The van der Waals surface area contributed by atoms with E-state index in [2.05, 4.69) is 213 Å². The molecule has 8 aromatic carbocycles. The van der Waals surface area contributed by atoms with Crippen LogP contribution in [0.1, 0.15) is 31.9 Å². The fourth-order valence-corrected chi connectivity index (χ4v) is 12.5. The van der Waals surface area contributed by atoms with E-state index in [0.29, 0.717) is 0 Å². The molecule has 312 valence electrons. The molecule has 0 radical (unpaired) electrons. The largest absolute Gasteiger partial charge is 0.454 e. The molecule has 10 aromatic rings. The lowest BCUT2D eigenvalue weighted by molar-refractivity contribution is 0.174. The van der Waals surface area contributed by atoms with Gasteiger partial charge in [-0.15, -0.1) is 22.7 Å². The third-order valence-electron chi connectivity index (χ3n) is 13.4. The van der Waals surface area contributed by atoms with Crippen LogP contribution in [0.3, 0.4) is 0 Å². The Hall–Kier alpha value is -7.06. The molecule has 0 bridgehead atoms. The van der Waals surface area contributed by atoms with E-state index in [9.17, 15) is 0 Å². The average Bonchev–Trinajstić information content (AvgIpc) is 4.10. The number of nitrogens with zero attached hydrogens (tertiary/aromatic N) is 2. The van der Waals surface area contributed by atoms with Gasteiger partial charge in [0.05, 0.1) is 0 Å². The minimum Gasteiger partial charge on any atom is -0.454 e. The highest BCUT2D eigenvalue weighted by Crippen LogP contribution is 2.54. The van der Waals surface area contributed by atoms with Crippen molar-refractivity contribution >= 4 is 100 Å². The number of rotatable bonds is 5. The van der Waals surface area contributed by atoms with Crippen LogP contribution in [0.25, 0.3) is 52.2 Å². The summed E-state index contributed by atoms with van der Waals surface area (Å²) in [5, 5.41) is 2.55. The van der Waals surface area contributed by atoms with Gasteiger partial charge in [-0.3, -0.25) is 0 Å². The predicted molar refractivity (Wildman–Crippen MR) is 277 cm³/mol. The minimum absolute atomic E-state index is 0.0447. The Morgan fingerprint density at radius 1 is 0.523 bits per heavy atom. The maximum atomic E-state index is 6.51. The van der Waals surface area contributed by atoms with Crippen LogP contribution in [0.2, 0.25) is 0 Å². The van der Waals surface area contributed by atoms with E-state index in [1.807, 2.05) is 22.7 Å². The summed E-state index contributed by atoms with van der Waals surface area (Å²) in [6.45, 7) is 9.33. The topological polar surface area (TPSA) is 24.9 Å². The van der Waals surface area contributed by atoms with Crippen LogP contribution in [-0.2, 0) is 5.41 Å². The van der Waals surface area contributed by atoms with Gasteiger partial charge >= 0.3 is 0 Å². The standard InChI is InChI=1S/C58H43BN2O2S2/c1-35-27-48-55-49(28-35)61(56-43(36-13-6-5-7-14-36)23-26-50-57(56)63-34-62-50)46-25-22-41(58(2,3)4)33-45(46)59(55)44-24-21-40(54-32-39-16-9-11-20-52(39)65-54)30-47(44)60(48)42-18-12-17-37(29-42)53-31-38-15-8-10-19-51(38)64-53/h5-33H,34H2,1-4H3. The Balaban J connectivity index is 1.11. The Labute approximate surface area is 387 Å². The number of ether oxygens (including phenoxy) is 2. The lowest BCUT2D eigenvalue weighted by Gasteiger charge is -2.45. The molecule has 3 aliphatic heterocycles. The van der Waals surface area contributed by atoms with Crippen molar-refractivity contribution in [3.8, 4) is 43.5 Å². The third kappa shape index (κ3) is 6.10. The first-order chi connectivity index (χ1) is 31.7. The van der Waals surface area contributed by atoms with E-state index in [0.717, 1.165) is 45.4 Å². The van der Waals surface area contributed by atoms with Crippen LogP contribution >= 0.6 is 22.7 Å². The minimum atomic E-state index is -0.0714. The van der Waals surface area contributed by atoms with Gasteiger partial charge in [0.1, 0.15) is 5.69 Å². The summed E-state index contributed by atoms with van der Waals surface area (Å²) in [4.78, 5) is 7.57. The van der Waals surface area contributed by atoms with Gasteiger partial charge in [-0.2, -0.15) is 0 Å². The number of aryl methyl sites for hydroxylation is 1. The molecule has 65 heavy (non-hydrogen) atoms. The van der Waals surface area contributed by atoms with Gasteiger partial charge in [0, 0.05) is 53.2 Å². The first-order valence-corrected chi connectivity index (χ1v) is 24.0. The smallest absolute Gasteiger partial charge is 0.252 e. The Morgan fingerprint density at radius 2 is 1.20 bits per heavy atom. The van der Waals surface area contributed by atoms with E-state index in [4.69, 9.17) is 9.47 Å². The lowest BCUT2D eigenvalue weighted by Crippen LogP contribution is -2.61. The molecule has 0 saturated carbocycles. The van der Waals surface area contributed by atoms with Crippen molar-refractivity contribution < 1.29 is 9.47 Å². The van der Waals surface area contributed by atoms with Crippen LogP contribution in [0.5, 0.6) is 11.5 Å². The first kappa shape index (κ1) is 38.4. The van der Waals surface area contributed by atoms with Crippen LogP contribution in [0, 0.1) is 6.92 Å². The Kier molecular flexibility index (Phi) is 8.56. The molecule has 4 nitrogen and oxygen atoms in total. The van der Waals surface area contributed by atoms with Gasteiger partial charge in [0.2, 0.25) is 6.79 Å². The Morgan fingerprint density at radius 3 is 1.92 bits per heavy atom. The second-order valence-corrected chi connectivity index (χ2v) is 20.7. The van der Waals surface area contributed by atoms with Crippen LogP contribution in [0.15, 0.2) is 176 Å². The maximum Gasteiger partial charge on any atom is 0.252 e. The molecule has 0 amide bonds. The molecular formula is C58H43BN2O2S2. The molecule has 0 aliphatic carbocycles. The third-order valence-corrected chi connectivity index (χ3v) is 15.8. The van der Waals surface area contributed by atoms with Crippen LogP contribution in [-0.4, -0.2) is 13.5 Å². The molecule has 0 fully saturated rings. The number of thiophene rings is 2. The molecule has 3 aliphatic rings. The first-order valence-electron chi connectivity index (χ1n) is 22.3. The van der Waals surface area contributed by atoms with Gasteiger partial charge < -0.3 is 19.3 Å². The fourth-order valence-electron chi connectivity index (χ4n) is 10.4. The van der Waals surface area contributed by atoms with E-state index >= 15 is 0 Å². The molecule has 5 heterocycles. The number of hydrogen-bond donors (Lipinski definition) is 0. The normalized spacial score (nSPS) is 13.6. The van der Waals surface area contributed by atoms with Crippen molar-refractivity contribution in [1.82, 2.24) is 0 Å². The van der Waals surface area contributed by atoms with E-state index < -0.39 is 0 Å². The monoisotopic (exact) mass is 874 g/mol. The highest BCUT2D eigenvalue weighted by atomic mass is 32.1. The van der Waals surface area contributed by atoms with E-state index in [1.165, 1.54) is 79.9 Å². The van der Waals surface area contributed by atoms with Crippen molar-refractivity contribution in [2.24, 2.45) is 0 Å². The molecule has 0 N–H and O–H groups in total. The summed E-state index contributed by atoms with van der Waals surface area (Å²) in [5.41, 5.74) is 17.7. The molecule has 13 rings (SSSR count). The van der Waals surface area contributed by atoms with Crippen molar-refractivity contribution in [3.05, 3.63) is 187 Å². The molecule has 0 spiro atoms. The fraction of sp³-hybridized carbons (Fsp3) is 0.103. The van der Waals surface area contributed by atoms with Crippen molar-refractivity contribution in [2.75, 3.05) is 16.6 Å². The summed E-state index contributed by atoms with van der Waals surface area (Å²) in [5.74, 6) is 1.53. The van der Waals surface area contributed by atoms with E-state index in [-0.39, 0.29) is 18.9 Å². The summed E-state index contributed by atoms with van der Waals surface area (Å²) >= 11 is 3.72. The quantitative estimate of drug-likeness (QED) is 0.161. The molecular weight excluding hydrogens is 832 g/mol. The summed E-state index contributed by atoms with van der Waals surface area (Å²) in [6, 6.07) is 65.5. The zero-order valence-corrected chi connectivity index (χ0v) is 38.2. The predicted octanol–water partition coefficient (Wildman–Crippen LogP) is 14.5. The van der Waals surface area contributed by atoms with Crippen molar-refractivity contribution in [3.63, 3.8) is 0 Å². The SMILES string of the molecule is Cc1cc2c3c(c1)N(c1c(-c4ccccc4)ccc4c1OCO4)c1ccc(C(C)(C)C)cc1B3c1ccc(-c3cc4ccccc4s3)cc1N2c1cccc(-c2cc3ccccc3s2)c1. The van der Waals surface area contributed by atoms with Crippen molar-refractivity contribution in [2.45, 2.75) is 33.1 Å². The number of benzene rings is 8. The zero-order valence-electron chi connectivity index (χ0n) is 36.6. The summed E-state index contributed by atoms with van der Waals surface area (Å²) in [7, 11) is 0. The highest BCUT2D eigenvalue weighted by Gasteiger charge is 2.45. The van der Waals surface area contributed by atoms with Crippen LogP contribution < -0.4 is 35.7 Å². The lowest BCUT2D eigenvalue weighted by atomic mass is 9.33. The number of hydrogen-bond acceptors (Lipinski definition) is 6. The number of anilines is 6. The van der Waals surface area contributed by atoms with Crippen LogP contribution in [0.4, 0.5) is 34.1 Å². The van der Waals surface area contributed by atoms with Crippen molar-refractivity contribution in [1.29, 1.82) is 0 Å². The number of fused-ring (bicyclic) bond motifs is 7. The second-order valence-electron chi connectivity index (χ2n) is 18.5. The molecule has 2 aromatic heterocycles. The Bertz CT molecular complexity index is 3500. The van der Waals surface area contributed by atoms with Gasteiger partial charge in [0.25, 0.3) is 6.71 Å². The van der Waals surface area contributed by atoms with Gasteiger partial charge in [-0.25, -0.2) is 0 Å². The maximum absolute atomic E-state index is 6.51. The van der Waals surface area contributed by atoms with Gasteiger partial charge in [0.15, 0.2) is 11.5 Å². The zero-order chi connectivity index (χ0) is 43.6. The van der Waals surface area contributed by atoms with Gasteiger partial charge in [-0.05, 0) is 140 Å².